The molecule has 0 saturated carbocycles. The van der Waals surface area contributed by atoms with Crippen LogP contribution in [0.1, 0.15) is 6.92 Å². The molecule has 1 heterocycles. The van der Waals surface area contributed by atoms with E-state index in [1.54, 1.807) is 19.1 Å². The van der Waals surface area contributed by atoms with Gasteiger partial charge in [0, 0.05) is 11.6 Å². The zero-order valence-corrected chi connectivity index (χ0v) is 10.2. The van der Waals surface area contributed by atoms with E-state index in [9.17, 15) is 8.42 Å². The number of sulfonamides is 1. The zero-order valence-electron chi connectivity index (χ0n) is 8.64. The number of hydrogen-bond acceptors (Lipinski definition) is 2. The first-order valence-corrected chi connectivity index (χ1v) is 6.48. The van der Waals surface area contributed by atoms with Gasteiger partial charge in [-0.15, -0.1) is 6.42 Å². The molecule has 84 valence electrons. The summed E-state index contributed by atoms with van der Waals surface area (Å²) in [7, 11) is -3.47. The molecule has 3 nitrogen and oxygen atoms in total. The topological polar surface area (TPSA) is 37.1 Å². The van der Waals surface area contributed by atoms with Gasteiger partial charge in [0.05, 0.1) is 4.90 Å². The predicted octanol–water partition coefficient (Wildman–Crippen LogP) is 1.74. The van der Waals surface area contributed by atoms with Crippen LogP contribution in [-0.4, -0.2) is 24.8 Å². The summed E-state index contributed by atoms with van der Waals surface area (Å²) in [6, 6.07) is 6.05. The fourth-order valence-electron chi connectivity index (χ4n) is 1.45. The van der Waals surface area contributed by atoms with E-state index in [4.69, 9.17) is 18.0 Å². The third kappa shape index (κ3) is 1.71. The highest BCUT2D eigenvalue weighted by atomic mass is 35.5. The minimum absolute atomic E-state index is 0.218. The van der Waals surface area contributed by atoms with Gasteiger partial charge in [-0.05, 0) is 31.2 Å². The summed E-state index contributed by atoms with van der Waals surface area (Å²) in [5.74, 6) is 2.47. The SMILES string of the molecule is C#CC1(C)CN1S(=O)(=O)c1ccc(Cl)cc1. The Balaban J connectivity index is 2.36. The lowest BCUT2D eigenvalue weighted by Crippen LogP contribution is -2.19. The summed E-state index contributed by atoms with van der Waals surface area (Å²) in [4.78, 5) is 0.218. The highest BCUT2D eigenvalue weighted by molar-refractivity contribution is 7.89. The van der Waals surface area contributed by atoms with Crippen LogP contribution >= 0.6 is 11.6 Å². The Kier molecular flexibility index (Phi) is 2.50. The van der Waals surface area contributed by atoms with Gasteiger partial charge in [0.25, 0.3) is 0 Å². The maximum atomic E-state index is 12.1. The molecule has 0 spiro atoms. The number of rotatable bonds is 2. The molecule has 5 heteroatoms. The molecule has 2 atom stereocenters. The monoisotopic (exact) mass is 255 g/mol. The first-order chi connectivity index (χ1) is 7.40. The van der Waals surface area contributed by atoms with E-state index in [2.05, 4.69) is 5.92 Å². The van der Waals surface area contributed by atoms with E-state index in [0.29, 0.717) is 11.6 Å². The average molecular weight is 256 g/mol. The Morgan fingerprint density at radius 1 is 1.44 bits per heavy atom. The molecule has 1 fully saturated rings. The van der Waals surface area contributed by atoms with Crippen LogP contribution in [-0.2, 0) is 10.0 Å². The van der Waals surface area contributed by atoms with Crippen LogP contribution in [0, 0.1) is 12.3 Å². The third-order valence-corrected chi connectivity index (χ3v) is 4.84. The van der Waals surface area contributed by atoms with Gasteiger partial charge in [-0.1, -0.05) is 17.5 Å². The molecular formula is C11H10ClNO2S. The summed E-state index contributed by atoms with van der Waals surface area (Å²) in [5, 5.41) is 0.504. The highest BCUT2D eigenvalue weighted by Gasteiger charge is 2.54. The molecule has 2 unspecified atom stereocenters. The molecule has 0 amide bonds. The lowest BCUT2D eigenvalue weighted by atomic mass is 10.2. The van der Waals surface area contributed by atoms with Gasteiger partial charge in [0.2, 0.25) is 10.0 Å². The maximum Gasteiger partial charge on any atom is 0.244 e. The van der Waals surface area contributed by atoms with E-state index in [1.165, 1.54) is 16.4 Å². The number of halogens is 1. The van der Waals surface area contributed by atoms with E-state index < -0.39 is 15.6 Å². The molecule has 1 aromatic rings. The Morgan fingerprint density at radius 3 is 2.44 bits per heavy atom. The van der Waals surface area contributed by atoms with Gasteiger partial charge in [0.15, 0.2) is 0 Å². The molecule has 0 N–H and O–H groups in total. The molecule has 1 aliphatic rings. The second kappa shape index (κ2) is 3.49. The van der Waals surface area contributed by atoms with Crippen LogP contribution in [0.2, 0.25) is 5.02 Å². The second-order valence-electron chi connectivity index (χ2n) is 3.88. The van der Waals surface area contributed by atoms with E-state index in [-0.39, 0.29) is 4.90 Å². The standard InChI is InChI=1S/C11H10ClNO2S/c1-3-11(2)8-13(11)16(14,15)10-6-4-9(12)5-7-10/h1,4-7H,8H2,2H3. The Bertz CT molecular complexity index is 559. The van der Waals surface area contributed by atoms with Crippen molar-refractivity contribution in [2.45, 2.75) is 17.4 Å². The first kappa shape index (κ1) is 11.5. The smallest absolute Gasteiger partial charge is 0.207 e. The van der Waals surface area contributed by atoms with E-state index >= 15 is 0 Å². The average Bonchev–Trinajstić information content (AvgIpc) is 2.93. The predicted molar refractivity (Wildman–Crippen MR) is 62.6 cm³/mol. The van der Waals surface area contributed by atoms with Crippen molar-refractivity contribution in [3.8, 4) is 12.3 Å². The van der Waals surface area contributed by atoms with Crippen molar-refractivity contribution in [1.29, 1.82) is 0 Å². The quantitative estimate of drug-likeness (QED) is 0.596. The third-order valence-electron chi connectivity index (χ3n) is 2.61. The minimum Gasteiger partial charge on any atom is -0.207 e. The van der Waals surface area contributed by atoms with Crippen molar-refractivity contribution < 1.29 is 8.42 Å². The molecule has 0 radical (unpaired) electrons. The van der Waals surface area contributed by atoms with Gasteiger partial charge < -0.3 is 0 Å². The lowest BCUT2D eigenvalue weighted by Gasteiger charge is -2.07. The summed E-state index contributed by atoms with van der Waals surface area (Å²) in [6.07, 6.45) is 5.28. The highest BCUT2D eigenvalue weighted by Crippen LogP contribution is 2.37. The van der Waals surface area contributed by atoms with Crippen LogP contribution in [0.4, 0.5) is 0 Å². The Labute approximate surface area is 100 Å². The van der Waals surface area contributed by atoms with Crippen LogP contribution < -0.4 is 0 Å². The molecule has 1 aliphatic heterocycles. The molecule has 2 rings (SSSR count). The number of benzene rings is 1. The number of hydrogen-bond donors (Lipinski definition) is 0. The fourth-order valence-corrected chi connectivity index (χ4v) is 3.31. The molecule has 1 aromatic carbocycles. The van der Waals surface area contributed by atoms with Crippen molar-refractivity contribution in [2.24, 2.45) is 0 Å². The summed E-state index contributed by atoms with van der Waals surface area (Å²) < 4.78 is 25.4. The number of nitrogens with zero attached hydrogens (tertiary/aromatic N) is 1. The van der Waals surface area contributed by atoms with Crippen LogP contribution in [0.15, 0.2) is 29.2 Å². The second-order valence-corrected chi connectivity index (χ2v) is 6.18. The van der Waals surface area contributed by atoms with Gasteiger partial charge in [0.1, 0.15) is 5.54 Å². The summed E-state index contributed by atoms with van der Waals surface area (Å²) in [5.41, 5.74) is -0.668. The lowest BCUT2D eigenvalue weighted by molar-refractivity contribution is 0.545. The van der Waals surface area contributed by atoms with Crippen molar-refractivity contribution in [2.75, 3.05) is 6.54 Å². The van der Waals surface area contributed by atoms with E-state index in [0.717, 1.165) is 0 Å². The largest absolute Gasteiger partial charge is 0.244 e. The van der Waals surface area contributed by atoms with Crippen LogP contribution in [0.3, 0.4) is 0 Å². The fraction of sp³-hybridized carbons (Fsp3) is 0.273. The normalized spacial score (nSPS) is 28.4. The van der Waals surface area contributed by atoms with Crippen molar-refractivity contribution >= 4 is 21.6 Å². The molecule has 0 aromatic heterocycles. The van der Waals surface area contributed by atoms with Crippen LogP contribution in [0.25, 0.3) is 0 Å². The number of terminal acetylenes is 1. The Hall–Kier alpha value is -1.02. The van der Waals surface area contributed by atoms with Crippen LogP contribution in [0.5, 0.6) is 0 Å². The summed E-state index contributed by atoms with van der Waals surface area (Å²) in [6.45, 7) is 2.09. The van der Waals surface area contributed by atoms with Gasteiger partial charge in [-0.2, -0.15) is 4.31 Å². The Morgan fingerprint density at radius 2 is 2.00 bits per heavy atom. The molecule has 16 heavy (non-hydrogen) atoms. The maximum absolute atomic E-state index is 12.1. The van der Waals surface area contributed by atoms with Crippen molar-refractivity contribution in [3.63, 3.8) is 0 Å². The van der Waals surface area contributed by atoms with Crippen molar-refractivity contribution in [1.82, 2.24) is 4.31 Å². The summed E-state index contributed by atoms with van der Waals surface area (Å²) >= 11 is 5.70. The molecule has 0 aliphatic carbocycles. The first-order valence-electron chi connectivity index (χ1n) is 4.66. The zero-order chi connectivity index (χ0) is 12.0. The van der Waals surface area contributed by atoms with Crippen molar-refractivity contribution in [3.05, 3.63) is 29.3 Å². The van der Waals surface area contributed by atoms with Gasteiger partial charge in [-0.3, -0.25) is 0 Å². The molecular weight excluding hydrogens is 246 g/mol. The van der Waals surface area contributed by atoms with Gasteiger partial charge >= 0.3 is 0 Å². The molecule has 1 saturated heterocycles. The van der Waals surface area contributed by atoms with Gasteiger partial charge in [-0.25, -0.2) is 8.42 Å². The molecule has 0 bridgehead atoms. The minimum atomic E-state index is -3.47. The van der Waals surface area contributed by atoms with E-state index in [1.807, 2.05) is 0 Å².